The summed E-state index contributed by atoms with van der Waals surface area (Å²) in [7, 11) is -3.62. The summed E-state index contributed by atoms with van der Waals surface area (Å²) in [4.78, 5) is 4.38. The van der Waals surface area contributed by atoms with E-state index in [1.165, 1.54) is 18.2 Å². The molecule has 176 valence electrons. The molecular formula is C21H25F3N2O4S2. The molecule has 0 aromatic carbocycles. The quantitative estimate of drug-likeness (QED) is 0.474. The third-order valence-corrected chi connectivity index (χ3v) is 8.35. The highest BCUT2D eigenvalue weighted by molar-refractivity contribution is 7.91. The Hall–Kier alpha value is -1.71. The molecule has 0 bridgehead atoms. The zero-order valence-corrected chi connectivity index (χ0v) is 19.3. The fraction of sp³-hybridized carbons (Fsp3) is 0.571. The first-order valence-corrected chi connectivity index (χ1v) is 12.4. The molecule has 1 aliphatic heterocycles. The third kappa shape index (κ3) is 5.61. The van der Waals surface area contributed by atoms with Gasteiger partial charge in [0.15, 0.2) is 5.60 Å². The molecule has 0 amide bonds. The topological polar surface area (TPSA) is 88.0 Å². The number of thiophene rings is 1. The number of halogens is 3. The number of rotatable bonds is 6. The summed E-state index contributed by atoms with van der Waals surface area (Å²) in [5.74, 6) is 4.30. The molecule has 2 N–H and O–H groups in total. The fourth-order valence-electron chi connectivity index (χ4n) is 3.30. The summed E-state index contributed by atoms with van der Waals surface area (Å²) < 4.78 is 72.1. The minimum atomic E-state index is -4.79. The molecule has 3 unspecified atom stereocenters. The van der Waals surface area contributed by atoms with Crippen molar-refractivity contribution >= 4 is 27.1 Å². The average Bonchev–Trinajstić information content (AvgIpc) is 3.23. The Bertz CT molecular complexity index is 1030. The number of nitrogens with one attached hydrogen (secondary N) is 1. The van der Waals surface area contributed by atoms with Gasteiger partial charge in [0.25, 0.3) is 0 Å². The van der Waals surface area contributed by atoms with Crippen molar-refractivity contribution in [3.05, 3.63) is 29.7 Å². The number of sulfonamides is 1. The van der Waals surface area contributed by atoms with Crippen molar-refractivity contribution < 1.29 is 31.4 Å². The lowest BCUT2D eigenvalue weighted by atomic mass is 9.76. The summed E-state index contributed by atoms with van der Waals surface area (Å²) in [6.45, 7) is 3.69. The second kappa shape index (κ2) is 9.27. The smallest absolute Gasteiger partial charge is 0.380 e. The highest BCUT2D eigenvalue weighted by Gasteiger charge is 2.55. The number of hydrogen-bond donors (Lipinski definition) is 2. The molecule has 3 atom stereocenters. The van der Waals surface area contributed by atoms with Gasteiger partial charge >= 0.3 is 6.18 Å². The second-order valence-corrected chi connectivity index (χ2v) is 11.3. The van der Waals surface area contributed by atoms with Crippen LogP contribution in [-0.2, 0) is 14.8 Å². The van der Waals surface area contributed by atoms with E-state index < -0.39 is 33.6 Å². The lowest BCUT2D eigenvalue weighted by Crippen LogP contribution is -2.49. The molecule has 1 aromatic heterocycles. The molecule has 0 saturated carbocycles. The maximum absolute atomic E-state index is 13.3. The Labute approximate surface area is 189 Å². The van der Waals surface area contributed by atoms with Crippen LogP contribution in [0.25, 0.3) is 0 Å². The second-order valence-electron chi connectivity index (χ2n) is 8.36. The van der Waals surface area contributed by atoms with E-state index in [1.807, 2.05) is 6.92 Å². The van der Waals surface area contributed by atoms with Gasteiger partial charge in [0, 0.05) is 18.2 Å². The van der Waals surface area contributed by atoms with E-state index in [1.54, 1.807) is 11.4 Å². The van der Waals surface area contributed by atoms with Crippen LogP contribution in [0.5, 0.6) is 0 Å². The van der Waals surface area contributed by atoms with Crippen LogP contribution >= 0.6 is 11.3 Å². The SMILES string of the molecule is CC1(C#CC2CC(C(C)(O)C(F)(F)F)C=CC2=NCCNS(=O)(=O)c2cccs2)COC1. The molecule has 1 fully saturated rings. The van der Waals surface area contributed by atoms with Crippen LogP contribution in [-0.4, -0.2) is 57.3 Å². The van der Waals surface area contributed by atoms with Gasteiger partial charge in [0.2, 0.25) is 10.0 Å². The first-order valence-electron chi connectivity index (χ1n) is 9.99. The molecule has 2 heterocycles. The lowest BCUT2D eigenvalue weighted by Gasteiger charge is -2.36. The van der Waals surface area contributed by atoms with E-state index in [4.69, 9.17) is 4.74 Å². The van der Waals surface area contributed by atoms with Crippen molar-refractivity contribution in [2.45, 2.75) is 36.3 Å². The molecule has 1 aromatic rings. The Morgan fingerprint density at radius 2 is 2.12 bits per heavy atom. The van der Waals surface area contributed by atoms with E-state index in [9.17, 15) is 26.7 Å². The van der Waals surface area contributed by atoms with Crippen LogP contribution in [0.2, 0.25) is 0 Å². The molecule has 0 spiro atoms. The number of hydrogen-bond acceptors (Lipinski definition) is 6. The number of ether oxygens (including phenoxy) is 1. The number of nitrogens with zero attached hydrogens (tertiary/aromatic N) is 1. The van der Waals surface area contributed by atoms with Gasteiger partial charge in [-0.05, 0) is 37.8 Å². The standard InChI is InChI=1S/C21H25F3N2O4S2/c1-19(13-30-14-19)8-7-15-12-16(20(2,27)21(22,23)24)5-6-17(15)25-9-10-26-32(28,29)18-4-3-11-31-18/h3-6,11,15-16,26-27H,9-10,12-14H2,1-2H3. The number of alkyl halides is 3. The monoisotopic (exact) mass is 490 g/mol. The summed E-state index contributed by atoms with van der Waals surface area (Å²) in [6, 6.07) is 3.13. The van der Waals surface area contributed by atoms with E-state index in [0.717, 1.165) is 18.3 Å². The normalized spacial score (nSPS) is 26.1. The van der Waals surface area contributed by atoms with Crippen molar-refractivity contribution in [1.82, 2.24) is 4.72 Å². The summed E-state index contributed by atoms with van der Waals surface area (Å²) in [5, 5.41) is 11.8. The van der Waals surface area contributed by atoms with Gasteiger partial charge in [-0.25, -0.2) is 13.1 Å². The summed E-state index contributed by atoms with van der Waals surface area (Å²) >= 11 is 1.10. The Balaban J connectivity index is 1.75. The average molecular weight is 491 g/mol. The zero-order chi connectivity index (χ0) is 23.6. The van der Waals surface area contributed by atoms with Gasteiger partial charge in [0.05, 0.1) is 31.1 Å². The fourth-order valence-corrected chi connectivity index (χ4v) is 5.36. The summed E-state index contributed by atoms with van der Waals surface area (Å²) in [6.07, 6.45) is -2.09. The van der Waals surface area contributed by atoms with Crippen molar-refractivity contribution in [1.29, 1.82) is 0 Å². The Morgan fingerprint density at radius 1 is 1.41 bits per heavy atom. The number of aliphatic hydroxyl groups is 1. The molecule has 1 aliphatic carbocycles. The minimum absolute atomic E-state index is 0.0347. The molecule has 32 heavy (non-hydrogen) atoms. The highest BCUT2D eigenvalue weighted by atomic mass is 32.2. The number of aliphatic imine (C=N–C) groups is 1. The van der Waals surface area contributed by atoms with Crippen LogP contribution in [0.3, 0.4) is 0 Å². The maximum atomic E-state index is 13.3. The predicted molar refractivity (Wildman–Crippen MR) is 116 cm³/mol. The van der Waals surface area contributed by atoms with Gasteiger partial charge < -0.3 is 9.84 Å². The van der Waals surface area contributed by atoms with Crippen LogP contribution in [0.15, 0.2) is 38.9 Å². The van der Waals surface area contributed by atoms with Gasteiger partial charge in [0.1, 0.15) is 4.21 Å². The van der Waals surface area contributed by atoms with Crippen LogP contribution in [0.4, 0.5) is 13.2 Å². The number of allylic oxidation sites excluding steroid dienone is 1. The molecule has 11 heteroatoms. The molecule has 0 radical (unpaired) electrons. The largest absolute Gasteiger partial charge is 0.417 e. The highest BCUT2D eigenvalue weighted by Crippen LogP contribution is 2.41. The van der Waals surface area contributed by atoms with E-state index >= 15 is 0 Å². The maximum Gasteiger partial charge on any atom is 0.417 e. The first-order chi connectivity index (χ1) is 14.8. The van der Waals surface area contributed by atoms with E-state index in [2.05, 4.69) is 21.6 Å². The van der Waals surface area contributed by atoms with Crippen molar-refractivity contribution in [3.8, 4) is 11.8 Å². The van der Waals surface area contributed by atoms with Gasteiger partial charge in [-0.2, -0.15) is 13.2 Å². The van der Waals surface area contributed by atoms with Gasteiger partial charge in [-0.1, -0.05) is 24.0 Å². The van der Waals surface area contributed by atoms with Crippen LogP contribution in [0.1, 0.15) is 20.3 Å². The van der Waals surface area contributed by atoms with E-state index in [0.29, 0.717) is 18.9 Å². The molecular weight excluding hydrogens is 465 g/mol. The summed E-state index contributed by atoms with van der Waals surface area (Å²) in [5.41, 5.74) is -2.79. The van der Waals surface area contributed by atoms with Gasteiger partial charge in [-0.3, -0.25) is 4.99 Å². The zero-order valence-electron chi connectivity index (χ0n) is 17.6. The molecule has 2 aliphatic rings. The van der Waals surface area contributed by atoms with Gasteiger partial charge in [-0.15, -0.1) is 11.3 Å². The van der Waals surface area contributed by atoms with Crippen molar-refractivity contribution in [2.24, 2.45) is 22.2 Å². The predicted octanol–water partition coefficient (Wildman–Crippen LogP) is 3.01. The molecule has 6 nitrogen and oxygen atoms in total. The van der Waals surface area contributed by atoms with Crippen molar-refractivity contribution in [3.63, 3.8) is 0 Å². The van der Waals surface area contributed by atoms with Crippen LogP contribution in [0, 0.1) is 29.1 Å². The van der Waals surface area contributed by atoms with Crippen molar-refractivity contribution in [2.75, 3.05) is 26.3 Å². The van der Waals surface area contributed by atoms with Crippen LogP contribution < -0.4 is 4.72 Å². The van der Waals surface area contributed by atoms with E-state index in [-0.39, 0.29) is 29.1 Å². The minimum Gasteiger partial charge on any atom is -0.380 e. The molecule has 1 saturated heterocycles. The Morgan fingerprint density at radius 3 is 2.69 bits per heavy atom. The molecule has 3 rings (SSSR count). The first kappa shape index (κ1) is 24.9. The lowest BCUT2D eigenvalue weighted by molar-refractivity contribution is -0.267. The third-order valence-electron chi connectivity index (χ3n) is 5.49. The Kier molecular flexibility index (Phi) is 7.22.